The Kier molecular flexibility index (Phi) is 3.64. The van der Waals surface area contributed by atoms with Crippen molar-refractivity contribution < 1.29 is 13.2 Å². The molecule has 1 aromatic heterocycles. The minimum Gasteiger partial charge on any atom is -0.384 e. The Bertz CT molecular complexity index is 595. The van der Waals surface area contributed by atoms with E-state index in [4.69, 9.17) is 10.5 Å². The quantitative estimate of drug-likeness (QED) is 0.876. The van der Waals surface area contributed by atoms with E-state index < -0.39 is 9.84 Å². The van der Waals surface area contributed by atoms with Gasteiger partial charge in [0.15, 0.2) is 15.7 Å². The van der Waals surface area contributed by atoms with Crippen LogP contribution in [0.1, 0.15) is 19.3 Å². The van der Waals surface area contributed by atoms with Gasteiger partial charge in [-0.25, -0.2) is 8.42 Å². The lowest BCUT2D eigenvalue weighted by atomic mass is 10.1. The Morgan fingerprint density at radius 1 is 1.45 bits per heavy atom. The van der Waals surface area contributed by atoms with Gasteiger partial charge in [0.2, 0.25) is 0 Å². The van der Waals surface area contributed by atoms with Crippen molar-refractivity contribution in [2.24, 2.45) is 5.92 Å². The van der Waals surface area contributed by atoms with Gasteiger partial charge in [-0.1, -0.05) is 0 Å². The number of nitrogens with two attached hydrogens (primary N) is 1. The molecule has 6 nitrogen and oxygen atoms in total. The highest BCUT2D eigenvalue weighted by Crippen LogP contribution is 2.43. The fourth-order valence-electron chi connectivity index (χ4n) is 2.69. The zero-order valence-electron chi connectivity index (χ0n) is 11.4. The first kappa shape index (κ1) is 14.1. The molecule has 2 heterocycles. The summed E-state index contributed by atoms with van der Waals surface area (Å²) in [5, 5.41) is 0.463. The molecule has 0 spiro atoms. The van der Waals surface area contributed by atoms with E-state index in [1.807, 2.05) is 0 Å². The Balaban J connectivity index is 1.88. The number of nitrogens with zero attached hydrogens (tertiary/aromatic N) is 2. The minimum atomic E-state index is -3.30. The molecule has 1 aromatic rings. The molecule has 1 saturated heterocycles. The Morgan fingerprint density at radius 2 is 2.20 bits per heavy atom. The van der Waals surface area contributed by atoms with E-state index in [0.29, 0.717) is 17.5 Å². The predicted octanol–water partition coefficient (Wildman–Crippen LogP) is 1.13. The van der Waals surface area contributed by atoms with Gasteiger partial charge in [0.1, 0.15) is 9.90 Å². The van der Waals surface area contributed by atoms with E-state index >= 15 is 0 Å². The van der Waals surface area contributed by atoms with Crippen LogP contribution in [0.25, 0.3) is 0 Å². The van der Waals surface area contributed by atoms with Crippen molar-refractivity contribution in [3.63, 3.8) is 0 Å². The lowest BCUT2D eigenvalue weighted by Gasteiger charge is -2.18. The molecular formula is C12H19N3O3S2. The van der Waals surface area contributed by atoms with Crippen LogP contribution in [0.4, 0.5) is 10.8 Å². The third-order valence-corrected chi connectivity index (χ3v) is 7.25. The topological polar surface area (TPSA) is 85.5 Å². The lowest BCUT2D eigenvalue weighted by molar-refractivity contribution is 0.161. The first-order chi connectivity index (χ1) is 9.54. The van der Waals surface area contributed by atoms with Gasteiger partial charge in [-0.05, 0) is 30.8 Å². The molecule has 3 rings (SSSR count). The number of hydrogen-bond donors (Lipinski definition) is 1. The van der Waals surface area contributed by atoms with Crippen LogP contribution in [-0.4, -0.2) is 44.8 Å². The largest absolute Gasteiger partial charge is 0.384 e. The van der Waals surface area contributed by atoms with Gasteiger partial charge in [0, 0.05) is 26.1 Å². The molecule has 1 saturated carbocycles. The summed E-state index contributed by atoms with van der Waals surface area (Å²) in [6.45, 7) is 2.35. The molecule has 0 aromatic carbocycles. The Morgan fingerprint density at radius 3 is 2.85 bits per heavy atom. The molecule has 112 valence electrons. The van der Waals surface area contributed by atoms with Crippen molar-refractivity contribution in [1.82, 2.24) is 4.37 Å². The number of nitrogen functional groups attached to an aromatic ring is 1. The maximum Gasteiger partial charge on any atom is 0.187 e. The molecule has 0 amide bonds. The summed E-state index contributed by atoms with van der Waals surface area (Å²) in [4.78, 5) is 2.36. The number of hydrogen-bond acceptors (Lipinski definition) is 7. The van der Waals surface area contributed by atoms with Crippen LogP contribution >= 0.6 is 11.5 Å². The molecule has 1 aliphatic carbocycles. The van der Waals surface area contributed by atoms with Crippen LogP contribution in [0.15, 0.2) is 4.90 Å². The second-order valence-corrected chi connectivity index (χ2v) is 8.42. The van der Waals surface area contributed by atoms with Crippen molar-refractivity contribution in [3.8, 4) is 0 Å². The van der Waals surface area contributed by atoms with E-state index in [2.05, 4.69) is 9.27 Å². The fourth-order valence-corrected chi connectivity index (χ4v) is 5.75. The third kappa shape index (κ3) is 2.40. The van der Waals surface area contributed by atoms with Crippen molar-refractivity contribution in [2.45, 2.75) is 29.4 Å². The highest BCUT2D eigenvalue weighted by atomic mass is 32.2. The number of ether oxygens (including phenoxy) is 1. The highest BCUT2D eigenvalue weighted by Gasteiger charge is 2.42. The molecule has 20 heavy (non-hydrogen) atoms. The molecule has 2 aliphatic rings. The number of aromatic nitrogens is 1. The van der Waals surface area contributed by atoms with E-state index in [-0.39, 0.29) is 16.0 Å². The summed E-state index contributed by atoms with van der Waals surface area (Å²) in [5.74, 6) is 0.604. The second-order valence-electron chi connectivity index (χ2n) is 5.50. The van der Waals surface area contributed by atoms with Gasteiger partial charge in [0.25, 0.3) is 0 Å². The third-order valence-electron chi connectivity index (χ3n) is 3.88. The van der Waals surface area contributed by atoms with Crippen molar-refractivity contribution in [1.29, 1.82) is 0 Å². The van der Waals surface area contributed by atoms with Crippen molar-refractivity contribution in [3.05, 3.63) is 0 Å². The van der Waals surface area contributed by atoms with Crippen molar-refractivity contribution >= 4 is 32.2 Å². The van der Waals surface area contributed by atoms with Gasteiger partial charge < -0.3 is 15.4 Å². The van der Waals surface area contributed by atoms with Gasteiger partial charge in [-0.3, -0.25) is 0 Å². The summed E-state index contributed by atoms with van der Waals surface area (Å²) >= 11 is 1.20. The molecule has 8 heteroatoms. The van der Waals surface area contributed by atoms with Crippen LogP contribution < -0.4 is 10.6 Å². The van der Waals surface area contributed by atoms with Crippen LogP contribution in [0.2, 0.25) is 0 Å². The summed E-state index contributed by atoms with van der Waals surface area (Å²) < 4.78 is 34.2. The molecule has 1 aliphatic heterocycles. The van der Waals surface area contributed by atoms with Crippen LogP contribution in [0, 0.1) is 5.92 Å². The monoisotopic (exact) mass is 317 g/mol. The first-order valence-corrected chi connectivity index (χ1v) is 9.09. The Labute approximate surface area is 123 Å². The van der Waals surface area contributed by atoms with E-state index in [1.54, 1.807) is 7.11 Å². The zero-order chi connectivity index (χ0) is 14.3. The summed E-state index contributed by atoms with van der Waals surface area (Å²) in [6, 6.07) is 0. The maximum atomic E-state index is 12.5. The highest BCUT2D eigenvalue weighted by molar-refractivity contribution is 7.92. The minimum absolute atomic E-state index is 0.159. The number of sulfone groups is 1. The summed E-state index contributed by atoms with van der Waals surface area (Å²) in [6.07, 6.45) is 2.49. The van der Waals surface area contributed by atoms with Gasteiger partial charge in [-0.15, -0.1) is 0 Å². The van der Waals surface area contributed by atoms with Crippen molar-refractivity contribution in [2.75, 3.05) is 37.4 Å². The smallest absolute Gasteiger partial charge is 0.187 e. The molecule has 0 radical (unpaired) electrons. The van der Waals surface area contributed by atoms with E-state index in [1.165, 1.54) is 11.5 Å². The second kappa shape index (κ2) is 5.16. The SMILES string of the molecule is COCC1CCN(c2snc(N)c2S(=O)(=O)C2CC2)C1. The zero-order valence-corrected chi connectivity index (χ0v) is 13.0. The molecule has 1 unspecified atom stereocenters. The molecular weight excluding hydrogens is 298 g/mol. The van der Waals surface area contributed by atoms with Gasteiger partial charge in [-0.2, -0.15) is 4.37 Å². The molecule has 2 N–H and O–H groups in total. The number of methoxy groups -OCH3 is 1. The normalized spacial score (nSPS) is 23.4. The van der Waals surface area contributed by atoms with Gasteiger partial charge >= 0.3 is 0 Å². The standard InChI is InChI=1S/C12H19N3O3S2/c1-18-7-8-4-5-15(6-8)12-10(11(13)14-19-12)20(16,17)9-2-3-9/h8-9H,2-7H2,1H3,(H2,13,14). The average Bonchev–Trinajstić information content (AvgIpc) is 3.05. The molecule has 1 atom stereocenters. The lowest BCUT2D eigenvalue weighted by Crippen LogP contribution is -2.22. The molecule has 0 bridgehead atoms. The number of anilines is 2. The van der Waals surface area contributed by atoms with Gasteiger partial charge in [0.05, 0.1) is 11.9 Å². The first-order valence-electron chi connectivity index (χ1n) is 6.77. The average molecular weight is 317 g/mol. The fraction of sp³-hybridized carbons (Fsp3) is 0.750. The summed E-state index contributed by atoms with van der Waals surface area (Å²) in [5.41, 5.74) is 5.82. The van der Waals surface area contributed by atoms with E-state index in [9.17, 15) is 8.42 Å². The summed E-state index contributed by atoms with van der Waals surface area (Å²) in [7, 11) is -1.61. The van der Waals surface area contributed by atoms with Crippen LogP contribution in [0.5, 0.6) is 0 Å². The van der Waals surface area contributed by atoms with E-state index in [0.717, 1.165) is 32.4 Å². The Hall–Kier alpha value is -0.860. The maximum absolute atomic E-state index is 12.5. The molecule has 2 fully saturated rings. The van der Waals surface area contributed by atoms with Crippen LogP contribution in [-0.2, 0) is 14.6 Å². The number of rotatable bonds is 5. The van der Waals surface area contributed by atoms with Crippen LogP contribution in [0.3, 0.4) is 0 Å². The predicted molar refractivity (Wildman–Crippen MR) is 78.9 cm³/mol.